The van der Waals surface area contributed by atoms with Crippen molar-refractivity contribution in [2.75, 3.05) is 32.1 Å². The number of pyridine rings is 1. The number of imidazole rings is 1. The summed E-state index contributed by atoms with van der Waals surface area (Å²) in [5.74, 6) is -0.246. The zero-order valence-electron chi connectivity index (χ0n) is 33.2. The molecule has 0 unspecified atom stereocenters. The van der Waals surface area contributed by atoms with Crippen molar-refractivity contribution in [1.82, 2.24) is 30.1 Å². The van der Waals surface area contributed by atoms with Crippen LogP contribution in [0.3, 0.4) is 0 Å². The van der Waals surface area contributed by atoms with Gasteiger partial charge in [0.15, 0.2) is 5.82 Å². The average Bonchev–Trinajstić information content (AvgIpc) is 3.78. The molecule has 300 valence electrons. The quantitative estimate of drug-likeness (QED) is 0.120. The first-order valence-electron chi connectivity index (χ1n) is 19.9. The summed E-state index contributed by atoms with van der Waals surface area (Å²) in [5, 5.41) is 18.7. The number of carboxylic acids is 1. The minimum atomic E-state index is -0.681. The largest absolute Gasteiger partial charge is 0.496 e. The number of rotatable bonds is 13. The van der Waals surface area contributed by atoms with Crippen LogP contribution >= 0.6 is 0 Å². The lowest BCUT2D eigenvalue weighted by Gasteiger charge is -2.33. The van der Waals surface area contributed by atoms with E-state index in [2.05, 4.69) is 25.8 Å². The van der Waals surface area contributed by atoms with E-state index < -0.39 is 11.8 Å². The molecule has 12 nitrogen and oxygen atoms in total. The second-order valence-electron chi connectivity index (χ2n) is 15.7. The Balaban J connectivity index is 1.02. The van der Waals surface area contributed by atoms with Gasteiger partial charge in [0.2, 0.25) is 5.91 Å². The Morgan fingerprint density at radius 3 is 2.53 bits per heavy atom. The van der Waals surface area contributed by atoms with Crippen LogP contribution in [0.5, 0.6) is 5.75 Å². The van der Waals surface area contributed by atoms with Crippen molar-refractivity contribution in [3.63, 3.8) is 0 Å². The Morgan fingerprint density at radius 2 is 1.81 bits per heavy atom. The molecule has 2 aromatic carbocycles. The Hall–Kier alpha value is -5.40. The number of aliphatic carboxylic acids is 1. The molecule has 2 aromatic heterocycles. The normalized spacial score (nSPS) is 19.9. The van der Waals surface area contributed by atoms with Crippen molar-refractivity contribution in [2.24, 2.45) is 18.9 Å². The Bertz CT molecular complexity index is 2190. The number of halogens is 1. The van der Waals surface area contributed by atoms with Gasteiger partial charge < -0.3 is 30.4 Å². The second kappa shape index (κ2) is 17.4. The number of hydrogen-bond donors (Lipinski definition) is 4. The number of carbonyl (C=O) groups is 3. The van der Waals surface area contributed by atoms with Crippen molar-refractivity contribution >= 4 is 35.4 Å². The van der Waals surface area contributed by atoms with Crippen LogP contribution in [0.4, 0.5) is 10.1 Å². The highest BCUT2D eigenvalue weighted by atomic mass is 19.1. The van der Waals surface area contributed by atoms with Crippen molar-refractivity contribution in [2.45, 2.75) is 77.9 Å². The van der Waals surface area contributed by atoms with Crippen LogP contribution in [0.25, 0.3) is 23.0 Å². The molecule has 1 saturated heterocycles. The SMILES string of the molecule is COc1cc(/C(F)=C/c2cccc(-c3cccc(NC(=O)c4nc5c(n4C)CCN(C[C@H]4CC[C@H](C(=O)O)CC4)C5)c3C)c2C)ncc1CNC[C@@H]1CCC(=O)N1. The van der Waals surface area contributed by atoms with E-state index in [1.165, 1.54) is 6.08 Å². The number of methoxy groups -OCH3 is 1. The minimum Gasteiger partial charge on any atom is -0.496 e. The number of hydrogen-bond acceptors (Lipinski definition) is 8. The Morgan fingerprint density at radius 1 is 1.05 bits per heavy atom. The Kier molecular flexibility index (Phi) is 12.2. The first-order valence-corrected chi connectivity index (χ1v) is 19.9. The predicted octanol–water partition coefficient (Wildman–Crippen LogP) is 6.44. The van der Waals surface area contributed by atoms with Crippen LogP contribution in [0.15, 0.2) is 48.7 Å². The van der Waals surface area contributed by atoms with E-state index >= 15 is 4.39 Å². The number of nitrogens with one attached hydrogen (secondary N) is 3. The van der Waals surface area contributed by atoms with E-state index in [9.17, 15) is 19.5 Å². The molecule has 4 N–H and O–H groups in total. The molecule has 2 aliphatic heterocycles. The molecule has 2 fully saturated rings. The molecule has 0 spiro atoms. The number of amides is 2. The van der Waals surface area contributed by atoms with Crippen molar-refractivity contribution < 1.29 is 28.6 Å². The lowest BCUT2D eigenvalue weighted by Crippen LogP contribution is -2.36. The van der Waals surface area contributed by atoms with Crippen LogP contribution in [-0.2, 0) is 36.1 Å². The number of carbonyl (C=O) groups excluding carboxylic acids is 2. The topological polar surface area (TPSA) is 151 Å². The van der Waals surface area contributed by atoms with E-state index in [0.29, 0.717) is 54.8 Å². The van der Waals surface area contributed by atoms with E-state index in [1.54, 1.807) is 19.4 Å². The summed E-state index contributed by atoms with van der Waals surface area (Å²) in [4.78, 5) is 48.2. The third-order valence-corrected chi connectivity index (χ3v) is 12.0. The molecule has 0 bridgehead atoms. The molecule has 7 rings (SSSR count). The van der Waals surface area contributed by atoms with Crippen molar-refractivity contribution in [3.05, 3.63) is 93.8 Å². The maximum absolute atomic E-state index is 15.8. The molecule has 1 atom stereocenters. The number of ether oxygens (including phenoxy) is 1. The number of carboxylic acid groups (broad SMARTS) is 1. The predicted molar refractivity (Wildman–Crippen MR) is 217 cm³/mol. The van der Waals surface area contributed by atoms with Crippen LogP contribution in [0, 0.1) is 25.7 Å². The van der Waals surface area contributed by atoms with Gasteiger partial charge in [-0.15, -0.1) is 0 Å². The van der Waals surface area contributed by atoms with Crippen LogP contribution in [0.1, 0.15) is 88.5 Å². The molecule has 4 heterocycles. The molecule has 3 aliphatic rings. The summed E-state index contributed by atoms with van der Waals surface area (Å²) in [6.45, 7) is 7.49. The van der Waals surface area contributed by atoms with E-state index in [-0.39, 0.29) is 29.5 Å². The van der Waals surface area contributed by atoms with Crippen LogP contribution in [-0.4, -0.2) is 75.1 Å². The highest BCUT2D eigenvalue weighted by Gasteiger charge is 2.30. The third kappa shape index (κ3) is 8.94. The summed E-state index contributed by atoms with van der Waals surface area (Å²) in [7, 11) is 3.44. The van der Waals surface area contributed by atoms with Crippen LogP contribution < -0.4 is 20.7 Å². The smallest absolute Gasteiger partial charge is 0.306 e. The standard InChI is InChI=1S/C44H52FN7O5/c1-26-30(19-35(45)37-20-40(57-4)31(22-47-37)21-46-23-32-15-16-41(53)48-32)7-5-8-33(26)34-9-6-10-36(27(34)2)50-43(54)42-49-38-25-52(18-17-39(38)51(42)3)24-28-11-13-29(14-12-28)44(55)56/h5-10,19-20,22,28-29,32,46H,11-18,21,23-25H2,1-4H3,(H,48,53)(H,50,54)(H,55,56)/b35-19-/t28-,29-,32-/m0/s1. The number of benzene rings is 2. The highest BCUT2D eigenvalue weighted by molar-refractivity contribution is 6.03. The van der Waals surface area contributed by atoms with Gasteiger partial charge in [0.25, 0.3) is 5.91 Å². The van der Waals surface area contributed by atoms with Crippen molar-refractivity contribution in [3.8, 4) is 16.9 Å². The fraction of sp³-hybridized carbons (Fsp3) is 0.432. The summed E-state index contributed by atoms with van der Waals surface area (Å²) in [5.41, 5.74) is 7.89. The zero-order chi connectivity index (χ0) is 40.2. The molecule has 2 amide bonds. The van der Waals surface area contributed by atoms with Gasteiger partial charge in [-0.3, -0.25) is 24.3 Å². The minimum absolute atomic E-state index is 0.0701. The van der Waals surface area contributed by atoms with Crippen LogP contribution in [0.2, 0.25) is 0 Å². The fourth-order valence-electron chi connectivity index (χ4n) is 8.58. The molecule has 57 heavy (non-hydrogen) atoms. The maximum Gasteiger partial charge on any atom is 0.306 e. The second-order valence-corrected chi connectivity index (χ2v) is 15.7. The number of nitrogens with zero attached hydrogens (tertiary/aromatic N) is 4. The van der Waals surface area contributed by atoms with E-state index in [0.717, 1.165) is 90.8 Å². The van der Waals surface area contributed by atoms with Gasteiger partial charge >= 0.3 is 5.97 Å². The summed E-state index contributed by atoms with van der Waals surface area (Å²) in [6.07, 6.45) is 8.57. The van der Waals surface area contributed by atoms with E-state index in [1.807, 2.05) is 61.9 Å². The van der Waals surface area contributed by atoms with Gasteiger partial charge in [-0.25, -0.2) is 9.37 Å². The zero-order valence-corrected chi connectivity index (χ0v) is 33.2. The molecule has 0 radical (unpaired) electrons. The summed E-state index contributed by atoms with van der Waals surface area (Å²) < 4.78 is 23.3. The van der Waals surface area contributed by atoms with Gasteiger partial charge in [0.05, 0.1) is 18.7 Å². The van der Waals surface area contributed by atoms with E-state index in [4.69, 9.17) is 9.72 Å². The molecule has 4 aromatic rings. The Labute approximate surface area is 332 Å². The summed E-state index contributed by atoms with van der Waals surface area (Å²) >= 11 is 0. The number of aromatic nitrogens is 3. The average molecular weight is 778 g/mol. The number of anilines is 1. The van der Waals surface area contributed by atoms with Gasteiger partial charge in [-0.1, -0.05) is 30.3 Å². The molecular weight excluding hydrogens is 726 g/mol. The third-order valence-electron chi connectivity index (χ3n) is 12.0. The first kappa shape index (κ1) is 39.8. The highest BCUT2D eigenvalue weighted by Crippen LogP contribution is 2.35. The van der Waals surface area contributed by atoms with Gasteiger partial charge in [-0.2, -0.15) is 0 Å². The molecule has 1 aliphatic carbocycles. The molecule has 1 saturated carbocycles. The molecular formula is C44H52FN7O5. The first-order chi connectivity index (χ1) is 27.5. The maximum atomic E-state index is 15.8. The number of fused-ring (bicyclic) bond motifs is 1. The van der Waals surface area contributed by atoms with Gasteiger partial charge in [0.1, 0.15) is 17.3 Å². The lowest BCUT2D eigenvalue weighted by molar-refractivity contribution is -0.143. The lowest BCUT2D eigenvalue weighted by atomic mass is 9.81. The summed E-state index contributed by atoms with van der Waals surface area (Å²) in [6, 6.07) is 13.2. The van der Waals surface area contributed by atoms with Gasteiger partial charge in [0, 0.05) is 87.9 Å². The monoisotopic (exact) mass is 777 g/mol. The van der Waals surface area contributed by atoms with Gasteiger partial charge in [-0.05, 0) is 91.8 Å². The molecule has 13 heteroatoms. The fourth-order valence-corrected chi connectivity index (χ4v) is 8.58. The van der Waals surface area contributed by atoms with Crippen molar-refractivity contribution in [1.29, 1.82) is 0 Å².